The second kappa shape index (κ2) is 5.66. The van der Waals surface area contributed by atoms with Crippen molar-refractivity contribution in [2.45, 2.75) is 0 Å². The van der Waals surface area contributed by atoms with E-state index in [4.69, 9.17) is 10.5 Å². The van der Waals surface area contributed by atoms with Crippen LogP contribution in [-0.2, 0) is 10.0 Å². The maximum absolute atomic E-state index is 12.9. The van der Waals surface area contributed by atoms with Crippen LogP contribution in [-0.4, -0.2) is 52.7 Å². The van der Waals surface area contributed by atoms with Crippen LogP contribution in [0.4, 0.5) is 11.5 Å². The standard InChI is InChI=1S/C15H14N6O4S/c1-26(23,24)21-3-2-9-6-10(7-17-13(9)21)20-4-5-25-14-11(15(20)22)12(16)18-8-19-14/h2-3,6-8H,4-5H2,1H3,(H2,16,18,19). The van der Waals surface area contributed by atoms with Crippen molar-refractivity contribution in [1.29, 1.82) is 0 Å². The average Bonchev–Trinajstić information content (AvgIpc) is 2.94. The molecule has 0 bridgehead atoms. The number of hydrogen-bond donors (Lipinski definition) is 1. The summed E-state index contributed by atoms with van der Waals surface area (Å²) in [7, 11) is -3.47. The van der Waals surface area contributed by atoms with E-state index in [0.717, 1.165) is 10.2 Å². The molecule has 0 saturated carbocycles. The first-order valence-electron chi connectivity index (χ1n) is 7.59. The molecular weight excluding hydrogens is 360 g/mol. The topological polar surface area (TPSA) is 133 Å². The van der Waals surface area contributed by atoms with E-state index in [-0.39, 0.29) is 36.1 Å². The van der Waals surface area contributed by atoms with E-state index < -0.39 is 15.9 Å². The van der Waals surface area contributed by atoms with Gasteiger partial charge in [0.15, 0.2) is 5.65 Å². The van der Waals surface area contributed by atoms with Gasteiger partial charge < -0.3 is 15.4 Å². The summed E-state index contributed by atoms with van der Waals surface area (Å²) < 4.78 is 30.1. The minimum atomic E-state index is -3.47. The van der Waals surface area contributed by atoms with Crippen molar-refractivity contribution in [2.75, 3.05) is 30.0 Å². The second-order valence-electron chi connectivity index (χ2n) is 5.73. The Balaban J connectivity index is 1.80. The monoisotopic (exact) mass is 374 g/mol. The van der Waals surface area contributed by atoms with Crippen LogP contribution in [0.3, 0.4) is 0 Å². The summed E-state index contributed by atoms with van der Waals surface area (Å²) in [6.07, 6.45) is 5.19. The highest BCUT2D eigenvalue weighted by Gasteiger charge is 2.29. The third kappa shape index (κ3) is 2.52. The van der Waals surface area contributed by atoms with Crippen molar-refractivity contribution in [3.63, 3.8) is 0 Å². The Labute approximate surface area is 148 Å². The Bertz CT molecular complexity index is 1140. The minimum absolute atomic E-state index is 0.0316. The molecule has 0 spiro atoms. The quantitative estimate of drug-likeness (QED) is 0.675. The number of nitrogens with zero attached hydrogens (tertiary/aromatic N) is 5. The molecule has 4 rings (SSSR count). The van der Waals surface area contributed by atoms with Crippen molar-refractivity contribution in [1.82, 2.24) is 18.9 Å². The lowest BCUT2D eigenvalue weighted by atomic mass is 10.2. The fourth-order valence-corrected chi connectivity index (χ4v) is 3.56. The average molecular weight is 374 g/mol. The van der Waals surface area contributed by atoms with E-state index in [9.17, 15) is 13.2 Å². The number of ether oxygens (including phenoxy) is 1. The summed E-state index contributed by atoms with van der Waals surface area (Å²) >= 11 is 0. The van der Waals surface area contributed by atoms with E-state index in [0.29, 0.717) is 11.1 Å². The van der Waals surface area contributed by atoms with Gasteiger partial charge in [-0.25, -0.2) is 27.3 Å². The smallest absolute Gasteiger partial charge is 0.267 e. The zero-order chi connectivity index (χ0) is 18.5. The van der Waals surface area contributed by atoms with Gasteiger partial charge in [0.2, 0.25) is 15.9 Å². The van der Waals surface area contributed by atoms with Crippen LogP contribution in [0, 0.1) is 0 Å². The highest BCUT2D eigenvalue weighted by atomic mass is 32.2. The SMILES string of the molecule is CS(=O)(=O)n1ccc2cc(N3CCOc4ncnc(N)c4C3=O)cnc21. The van der Waals surface area contributed by atoms with Crippen LogP contribution in [0.15, 0.2) is 30.9 Å². The number of hydrogen-bond acceptors (Lipinski definition) is 8. The van der Waals surface area contributed by atoms with Gasteiger partial charge in [-0.1, -0.05) is 0 Å². The van der Waals surface area contributed by atoms with E-state index >= 15 is 0 Å². The van der Waals surface area contributed by atoms with Crippen molar-refractivity contribution in [2.24, 2.45) is 0 Å². The first-order chi connectivity index (χ1) is 12.4. The molecule has 134 valence electrons. The van der Waals surface area contributed by atoms with Gasteiger partial charge in [0, 0.05) is 11.6 Å². The van der Waals surface area contributed by atoms with Gasteiger partial charge in [-0.3, -0.25) is 4.79 Å². The van der Waals surface area contributed by atoms with Crippen molar-refractivity contribution < 1.29 is 17.9 Å². The second-order valence-corrected chi connectivity index (χ2v) is 7.58. The van der Waals surface area contributed by atoms with Crippen LogP contribution in [0.25, 0.3) is 11.0 Å². The molecule has 0 atom stereocenters. The summed E-state index contributed by atoms with van der Waals surface area (Å²) in [5.74, 6) is -0.231. The fourth-order valence-electron chi connectivity index (χ4n) is 2.81. The third-order valence-corrected chi connectivity index (χ3v) is 5.01. The van der Waals surface area contributed by atoms with Crippen LogP contribution in [0.1, 0.15) is 10.4 Å². The van der Waals surface area contributed by atoms with Crippen LogP contribution in [0.2, 0.25) is 0 Å². The summed E-state index contributed by atoms with van der Waals surface area (Å²) in [4.78, 5) is 26.4. The zero-order valence-corrected chi connectivity index (χ0v) is 14.5. The van der Waals surface area contributed by atoms with Crippen LogP contribution >= 0.6 is 0 Å². The summed E-state index contributed by atoms with van der Waals surface area (Å²) in [6, 6.07) is 3.31. The molecule has 2 N–H and O–H groups in total. The van der Waals surface area contributed by atoms with Crippen molar-refractivity contribution in [3.05, 3.63) is 36.4 Å². The van der Waals surface area contributed by atoms with Crippen LogP contribution in [0.5, 0.6) is 5.88 Å². The maximum Gasteiger partial charge on any atom is 0.267 e. The highest BCUT2D eigenvalue weighted by Crippen LogP contribution is 2.28. The molecule has 1 amide bonds. The molecule has 0 radical (unpaired) electrons. The molecule has 1 aliphatic rings. The first-order valence-corrected chi connectivity index (χ1v) is 9.44. The van der Waals surface area contributed by atoms with Gasteiger partial charge in [-0.05, 0) is 12.1 Å². The number of anilines is 2. The number of nitrogens with two attached hydrogens (primary N) is 1. The summed E-state index contributed by atoms with van der Waals surface area (Å²) in [5, 5.41) is 0.586. The van der Waals surface area contributed by atoms with Gasteiger partial charge in [0.05, 0.1) is 24.7 Å². The van der Waals surface area contributed by atoms with E-state index in [1.165, 1.54) is 23.6 Å². The first kappa shape index (κ1) is 16.3. The summed E-state index contributed by atoms with van der Waals surface area (Å²) in [5.41, 5.74) is 6.70. The minimum Gasteiger partial charge on any atom is -0.475 e. The van der Waals surface area contributed by atoms with Crippen molar-refractivity contribution >= 4 is 38.5 Å². The number of nitrogen functional groups attached to an aromatic ring is 1. The molecule has 0 aromatic carbocycles. The Hall–Kier alpha value is -3.21. The molecule has 26 heavy (non-hydrogen) atoms. The lowest BCUT2D eigenvalue weighted by Crippen LogP contribution is -2.32. The van der Waals surface area contributed by atoms with Gasteiger partial charge in [-0.2, -0.15) is 0 Å². The van der Waals surface area contributed by atoms with Gasteiger partial charge in [0.25, 0.3) is 5.91 Å². The van der Waals surface area contributed by atoms with Gasteiger partial charge >= 0.3 is 0 Å². The van der Waals surface area contributed by atoms with E-state index in [2.05, 4.69) is 15.0 Å². The number of rotatable bonds is 2. The molecular formula is C15H14N6O4S. The van der Waals surface area contributed by atoms with Crippen LogP contribution < -0.4 is 15.4 Å². The molecule has 0 unspecified atom stereocenters. The zero-order valence-electron chi connectivity index (χ0n) is 13.7. The fraction of sp³-hybridized carbons (Fsp3) is 0.200. The number of fused-ring (bicyclic) bond motifs is 2. The summed E-state index contributed by atoms with van der Waals surface area (Å²) in [6.45, 7) is 0.478. The molecule has 10 nitrogen and oxygen atoms in total. The molecule has 1 aliphatic heterocycles. The highest BCUT2D eigenvalue weighted by molar-refractivity contribution is 7.89. The van der Waals surface area contributed by atoms with E-state index in [1.54, 1.807) is 12.1 Å². The number of carbonyl (C=O) groups is 1. The number of aromatic nitrogens is 4. The predicted octanol–water partition coefficient (Wildman–Crippen LogP) is 0.255. The largest absolute Gasteiger partial charge is 0.475 e. The maximum atomic E-state index is 12.9. The lowest BCUT2D eigenvalue weighted by molar-refractivity contribution is 0.0990. The third-order valence-electron chi connectivity index (χ3n) is 4.00. The van der Waals surface area contributed by atoms with E-state index in [1.807, 2.05) is 0 Å². The molecule has 3 aromatic heterocycles. The van der Waals surface area contributed by atoms with Gasteiger partial charge in [-0.15, -0.1) is 0 Å². The Morgan fingerprint density at radius 2 is 2.08 bits per heavy atom. The Morgan fingerprint density at radius 3 is 2.85 bits per heavy atom. The Morgan fingerprint density at radius 1 is 1.27 bits per heavy atom. The number of carbonyl (C=O) groups excluding carboxylic acids is 1. The molecule has 0 fully saturated rings. The number of pyridine rings is 1. The molecule has 4 heterocycles. The molecule has 3 aromatic rings. The van der Waals surface area contributed by atoms with Gasteiger partial charge in [0.1, 0.15) is 24.3 Å². The molecule has 0 saturated heterocycles. The molecule has 0 aliphatic carbocycles. The lowest BCUT2D eigenvalue weighted by Gasteiger charge is -2.20. The van der Waals surface area contributed by atoms with Crippen molar-refractivity contribution in [3.8, 4) is 5.88 Å². The molecule has 11 heteroatoms. The predicted molar refractivity (Wildman–Crippen MR) is 93.6 cm³/mol. The Kier molecular flexibility index (Phi) is 3.54. The normalized spacial score (nSPS) is 14.8. The number of amides is 1.